The summed E-state index contributed by atoms with van der Waals surface area (Å²) in [6, 6.07) is 26.4. The number of fused-ring (bicyclic) bond motifs is 2. The number of para-hydroxylation sites is 3. The monoisotopic (exact) mass is 486 g/mol. The van der Waals surface area contributed by atoms with Gasteiger partial charge in [-0.2, -0.15) is 0 Å². The van der Waals surface area contributed by atoms with Crippen molar-refractivity contribution in [1.82, 2.24) is 10.2 Å². The summed E-state index contributed by atoms with van der Waals surface area (Å²) in [5, 5.41) is 6.16. The smallest absolute Gasteiger partial charge is 0.238 e. The van der Waals surface area contributed by atoms with E-state index in [0.29, 0.717) is 19.5 Å². The number of likely N-dealkylation sites (tertiary alicyclic amines) is 1. The molecule has 1 fully saturated rings. The number of nitrogens with zero attached hydrogens (tertiary/aromatic N) is 2. The maximum Gasteiger partial charge on any atom is 0.238 e. The summed E-state index contributed by atoms with van der Waals surface area (Å²) < 4.78 is 0. The minimum atomic E-state index is -0.000979. The molecule has 0 radical (unpaired) electrons. The first-order valence-corrected chi connectivity index (χ1v) is 13.0. The molecule has 6 nitrogen and oxygen atoms in total. The summed E-state index contributed by atoms with van der Waals surface area (Å²) in [5.74, 6) is 0.0809. The lowest BCUT2D eigenvalue weighted by Gasteiger charge is -2.33. The van der Waals surface area contributed by atoms with Crippen LogP contribution in [0, 0.1) is 0 Å². The van der Waals surface area contributed by atoms with Gasteiger partial charge in [0.25, 0.3) is 0 Å². The van der Waals surface area contributed by atoms with Gasteiger partial charge in [-0.05, 0) is 49.2 Å². The largest absolute Gasteiger partial charge is 0.353 e. The number of anilines is 3. The van der Waals surface area contributed by atoms with Crippen molar-refractivity contribution < 1.29 is 9.59 Å². The van der Waals surface area contributed by atoms with Crippen LogP contribution in [0.25, 0.3) is 0 Å². The molecule has 3 aromatic rings. The molecule has 0 unspecified atom stereocenters. The molecule has 2 aliphatic heterocycles. The quantitative estimate of drug-likeness (QED) is 0.497. The highest BCUT2D eigenvalue weighted by Crippen LogP contribution is 2.47. The first-order valence-electron chi connectivity index (χ1n) is 12.2. The van der Waals surface area contributed by atoms with Gasteiger partial charge < -0.3 is 15.5 Å². The number of nitrogens with one attached hydrogen (secondary N) is 2. The summed E-state index contributed by atoms with van der Waals surface area (Å²) in [6.07, 6.45) is 2.15. The highest BCUT2D eigenvalue weighted by Gasteiger charge is 2.25. The van der Waals surface area contributed by atoms with Crippen LogP contribution < -0.4 is 15.5 Å². The van der Waals surface area contributed by atoms with Crippen LogP contribution in [0.1, 0.15) is 19.3 Å². The molecule has 0 aromatic heterocycles. The Hall–Kier alpha value is -3.29. The van der Waals surface area contributed by atoms with Gasteiger partial charge in [0.1, 0.15) is 0 Å². The Morgan fingerprint density at radius 1 is 0.800 bits per heavy atom. The number of carbonyl (C=O) groups excluding carboxylic acids is 2. The van der Waals surface area contributed by atoms with Gasteiger partial charge in [-0.15, -0.1) is 0 Å². The molecule has 0 spiro atoms. The average molecular weight is 487 g/mol. The molecule has 1 saturated heterocycles. The van der Waals surface area contributed by atoms with Gasteiger partial charge in [-0.1, -0.05) is 54.2 Å². The van der Waals surface area contributed by atoms with Crippen molar-refractivity contribution in [2.24, 2.45) is 0 Å². The SMILES string of the molecule is O=C(CN1CCC(NC(=O)CCN2c3ccccc3Sc3ccccc32)CC1)Nc1ccccc1. The minimum Gasteiger partial charge on any atom is -0.353 e. The fourth-order valence-electron chi connectivity index (χ4n) is 4.70. The lowest BCUT2D eigenvalue weighted by molar-refractivity contribution is -0.122. The van der Waals surface area contributed by atoms with Crippen molar-refractivity contribution >= 4 is 40.6 Å². The molecule has 5 rings (SSSR count). The third-order valence-electron chi connectivity index (χ3n) is 6.47. The Balaban J connectivity index is 1.09. The van der Waals surface area contributed by atoms with E-state index >= 15 is 0 Å². The second-order valence-electron chi connectivity index (χ2n) is 8.97. The molecule has 2 aliphatic rings. The van der Waals surface area contributed by atoms with E-state index < -0.39 is 0 Å². The summed E-state index contributed by atoms with van der Waals surface area (Å²) in [5.41, 5.74) is 3.13. The fraction of sp³-hybridized carbons (Fsp3) is 0.286. The van der Waals surface area contributed by atoms with Gasteiger partial charge >= 0.3 is 0 Å². The Bertz CT molecular complexity index is 1130. The zero-order chi connectivity index (χ0) is 24.0. The van der Waals surface area contributed by atoms with Crippen molar-refractivity contribution in [1.29, 1.82) is 0 Å². The van der Waals surface area contributed by atoms with Crippen LogP contribution in [0.5, 0.6) is 0 Å². The van der Waals surface area contributed by atoms with Gasteiger partial charge in [0.15, 0.2) is 0 Å². The predicted octanol–water partition coefficient (Wildman–Crippen LogP) is 4.90. The summed E-state index contributed by atoms with van der Waals surface area (Å²) >= 11 is 1.78. The Kier molecular flexibility index (Phi) is 7.35. The lowest BCUT2D eigenvalue weighted by atomic mass is 10.0. The molecule has 2 heterocycles. The summed E-state index contributed by atoms with van der Waals surface area (Å²) in [7, 11) is 0. The van der Waals surface area contributed by atoms with E-state index in [0.717, 1.165) is 43.0 Å². The van der Waals surface area contributed by atoms with Gasteiger partial charge in [0.2, 0.25) is 11.8 Å². The molecule has 0 bridgehead atoms. The van der Waals surface area contributed by atoms with Crippen LogP contribution in [0.15, 0.2) is 88.7 Å². The van der Waals surface area contributed by atoms with E-state index in [4.69, 9.17) is 0 Å². The van der Waals surface area contributed by atoms with Gasteiger partial charge in [-0.3, -0.25) is 14.5 Å². The van der Waals surface area contributed by atoms with Gasteiger partial charge in [0, 0.05) is 47.6 Å². The number of rotatable bonds is 7. The van der Waals surface area contributed by atoms with E-state index in [1.54, 1.807) is 11.8 Å². The summed E-state index contributed by atoms with van der Waals surface area (Å²) in [6.45, 7) is 2.62. The number of piperidine rings is 1. The second kappa shape index (κ2) is 11.0. The first-order chi connectivity index (χ1) is 17.2. The number of hydrogen-bond donors (Lipinski definition) is 2. The van der Waals surface area contributed by atoms with Crippen molar-refractivity contribution in [3.8, 4) is 0 Å². The molecule has 2 N–H and O–H groups in total. The van der Waals surface area contributed by atoms with E-state index in [2.05, 4.69) is 56.8 Å². The van der Waals surface area contributed by atoms with Crippen molar-refractivity contribution in [3.63, 3.8) is 0 Å². The van der Waals surface area contributed by atoms with Crippen molar-refractivity contribution in [2.75, 3.05) is 36.4 Å². The highest BCUT2D eigenvalue weighted by atomic mass is 32.2. The number of amides is 2. The minimum absolute atomic E-state index is 0.000979. The predicted molar refractivity (Wildman–Crippen MR) is 141 cm³/mol. The number of carbonyl (C=O) groups is 2. The van der Waals surface area contributed by atoms with Crippen LogP contribution in [0.2, 0.25) is 0 Å². The second-order valence-corrected chi connectivity index (χ2v) is 10.1. The van der Waals surface area contributed by atoms with E-state index in [1.165, 1.54) is 9.79 Å². The Morgan fingerprint density at radius 3 is 2.06 bits per heavy atom. The van der Waals surface area contributed by atoms with Crippen LogP contribution in [0.3, 0.4) is 0 Å². The van der Waals surface area contributed by atoms with Crippen molar-refractivity contribution in [3.05, 3.63) is 78.9 Å². The maximum absolute atomic E-state index is 12.8. The number of benzene rings is 3. The average Bonchev–Trinajstić information content (AvgIpc) is 2.88. The molecule has 0 aliphatic carbocycles. The zero-order valence-corrected chi connectivity index (χ0v) is 20.5. The van der Waals surface area contributed by atoms with Crippen LogP contribution in [0.4, 0.5) is 17.1 Å². The Labute approximate surface area is 210 Å². The molecular formula is C28H30N4O2S. The molecular weight excluding hydrogens is 456 g/mol. The lowest BCUT2D eigenvalue weighted by Crippen LogP contribution is -2.46. The molecule has 0 saturated carbocycles. The summed E-state index contributed by atoms with van der Waals surface area (Å²) in [4.78, 5) is 32.0. The molecule has 0 atom stereocenters. The fourth-order valence-corrected chi connectivity index (χ4v) is 5.79. The van der Waals surface area contributed by atoms with Gasteiger partial charge in [0.05, 0.1) is 17.9 Å². The Morgan fingerprint density at radius 2 is 1.40 bits per heavy atom. The van der Waals surface area contributed by atoms with E-state index in [9.17, 15) is 9.59 Å². The van der Waals surface area contributed by atoms with Crippen LogP contribution in [-0.2, 0) is 9.59 Å². The number of hydrogen-bond acceptors (Lipinski definition) is 5. The maximum atomic E-state index is 12.8. The molecule has 7 heteroatoms. The first kappa shape index (κ1) is 23.5. The van der Waals surface area contributed by atoms with E-state index in [-0.39, 0.29) is 17.9 Å². The normalized spacial score (nSPS) is 15.7. The molecule has 180 valence electrons. The molecule has 3 aromatic carbocycles. The highest BCUT2D eigenvalue weighted by molar-refractivity contribution is 7.99. The third-order valence-corrected chi connectivity index (χ3v) is 7.60. The van der Waals surface area contributed by atoms with Gasteiger partial charge in [-0.25, -0.2) is 0 Å². The topological polar surface area (TPSA) is 64.7 Å². The van der Waals surface area contributed by atoms with Crippen LogP contribution in [-0.4, -0.2) is 48.9 Å². The standard InChI is InChI=1S/C28H30N4O2S/c33-27(16-19-32-23-10-4-6-12-25(23)35-26-13-7-5-11-24(26)32)29-22-14-17-31(18-15-22)20-28(34)30-21-8-2-1-3-9-21/h1-13,22H,14-20H2,(H,29,33)(H,30,34). The third kappa shape index (κ3) is 5.86. The van der Waals surface area contributed by atoms with E-state index in [1.807, 2.05) is 42.5 Å². The molecule has 35 heavy (non-hydrogen) atoms. The van der Waals surface area contributed by atoms with Crippen molar-refractivity contribution in [2.45, 2.75) is 35.1 Å². The zero-order valence-electron chi connectivity index (χ0n) is 19.7. The van der Waals surface area contributed by atoms with Crippen LogP contribution >= 0.6 is 11.8 Å². The molecule has 2 amide bonds.